The van der Waals surface area contributed by atoms with E-state index in [2.05, 4.69) is 28.9 Å². The molecule has 2 aromatic rings. The Morgan fingerprint density at radius 1 is 1.20 bits per heavy atom. The average molecular weight is 295 g/mol. The van der Waals surface area contributed by atoms with E-state index in [4.69, 9.17) is 16.3 Å². The second-order valence-electron chi connectivity index (χ2n) is 5.31. The van der Waals surface area contributed by atoms with Gasteiger partial charge in [0.25, 0.3) is 0 Å². The standard InChI is InChI=1S/C14H19ClN4O/c1-8(2)13-17-12(15)10(5)14(18-13)20-11-6-16-19(7-11)9(3)4/h6-9H,1-5H3. The van der Waals surface area contributed by atoms with E-state index in [9.17, 15) is 0 Å². The Morgan fingerprint density at radius 3 is 2.45 bits per heavy atom. The van der Waals surface area contributed by atoms with Crippen LogP contribution in [-0.2, 0) is 0 Å². The summed E-state index contributed by atoms with van der Waals surface area (Å²) in [7, 11) is 0. The summed E-state index contributed by atoms with van der Waals surface area (Å²) in [5.74, 6) is 1.99. The summed E-state index contributed by atoms with van der Waals surface area (Å²) < 4.78 is 7.62. The van der Waals surface area contributed by atoms with Gasteiger partial charge in [0.15, 0.2) is 5.75 Å². The molecule has 0 fully saturated rings. The maximum absolute atomic E-state index is 6.13. The van der Waals surface area contributed by atoms with Crippen LogP contribution in [0, 0.1) is 6.92 Å². The van der Waals surface area contributed by atoms with E-state index in [1.807, 2.05) is 31.6 Å². The largest absolute Gasteiger partial charge is 0.435 e. The summed E-state index contributed by atoms with van der Waals surface area (Å²) in [4.78, 5) is 8.69. The van der Waals surface area contributed by atoms with Crippen molar-refractivity contribution in [3.8, 4) is 11.6 Å². The van der Waals surface area contributed by atoms with Crippen molar-refractivity contribution >= 4 is 11.6 Å². The molecule has 0 bridgehead atoms. The fourth-order valence-electron chi connectivity index (χ4n) is 1.61. The van der Waals surface area contributed by atoms with Gasteiger partial charge in [0.1, 0.15) is 11.0 Å². The first-order valence-electron chi connectivity index (χ1n) is 6.64. The van der Waals surface area contributed by atoms with Gasteiger partial charge in [-0.1, -0.05) is 25.4 Å². The zero-order valence-corrected chi connectivity index (χ0v) is 13.1. The van der Waals surface area contributed by atoms with Crippen LogP contribution in [0.5, 0.6) is 11.6 Å². The molecule has 20 heavy (non-hydrogen) atoms. The predicted octanol–water partition coefficient (Wildman–Crippen LogP) is 4.13. The molecule has 0 radical (unpaired) electrons. The summed E-state index contributed by atoms with van der Waals surface area (Å²) in [6.07, 6.45) is 3.51. The summed E-state index contributed by atoms with van der Waals surface area (Å²) in [5, 5.41) is 4.66. The third-order valence-corrected chi connectivity index (χ3v) is 3.26. The lowest BCUT2D eigenvalue weighted by Crippen LogP contribution is -2.02. The summed E-state index contributed by atoms with van der Waals surface area (Å²) in [5.41, 5.74) is 0.730. The van der Waals surface area contributed by atoms with Crippen LogP contribution in [0.25, 0.3) is 0 Å². The highest BCUT2D eigenvalue weighted by Crippen LogP contribution is 2.28. The van der Waals surface area contributed by atoms with Gasteiger partial charge in [0, 0.05) is 17.5 Å². The molecule has 0 amide bonds. The lowest BCUT2D eigenvalue weighted by atomic mass is 10.2. The van der Waals surface area contributed by atoms with Crippen molar-refractivity contribution in [2.75, 3.05) is 0 Å². The number of aromatic nitrogens is 4. The molecule has 2 heterocycles. The van der Waals surface area contributed by atoms with Crippen molar-refractivity contribution in [2.45, 2.75) is 46.6 Å². The van der Waals surface area contributed by atoms with Crippen molar-refractivity contribution in [3.63, 3.8) is 0 Å². The van der Waals surface area contributed by atoms with Crippen molar-refractivity contribution in [1.82, 2.24) is 19.7 Å². The molecule has 0 saturated heterocycles. The topological polar surface area (TPSA) is 52.8 Å². The minimum absolute atomic E-state index is 0.189. The van der Waals surface area contributed by atoms with E-state index in [1.54, 1.807) is 6.20 Å². The van der Waals surface area contributed by atoms with Crippen LogP contribution < -0.4 is 4.74 Å². The van der Waals surface area contributed by atoms with E-state index in [0.29, 0.717) is 22.6 Å². The van der Waals surface area contributed by atoms with Gasteiger partial charge in [-0.2, -0.15) is 10.1 Å². The Bertz CT molecular complexity index is 607. The Balaban J connectivity index is 2.32. The van der Waals surface area contributed by atoms with Gasteiger partial charge in [-0.25, -0.2) is 4.98 Å². The summed E-state index contributed by atoms with van der Waals surface area (Å²) in [6.45, 7) is 9.98. The van der Waals surface area contributed by atoms with Gasteiger partial charge in [0.05, 0.1) is 12.4 Å². The molecule has 0 atom stereocenters. The lowest BCUT2D eigenvalue weighted by molar-refractivity contribution is 0.449. The second kappa shape index (κ2) is 5.79. The molecule has 0 spiro atoms. The molecular weight excluding hydrogens is 276 g/mol. The van der Waals surface area contributed by atoms with Crippen molar-refractivity contribution in [2.24, 2.45) is 0 Å². The van der Waals surface area contributed by atoms with Gasteiger partial charge in [0.2, 0.25) is 5.88 Å². The molecule has 0 aliphatic carbocycles. The van der Waals surface area contributed by atoms with Crippen molar-refractivity contribution < 1.29 is 4.74 Å². The molecule has 0 aromatic carbocycles. The first-order chi connectivity index (χ1) is 9.38. The molecule has 2 rings (SSSR count). The van der Waals surface area contributed by atoms with E-state index in [-0.39, 0.29) is 12.0 Å². The molecule has 0 saturated carbocycles. The maximum Gasteiger partial charge on any atom is 0.227 e. The number of nitrogens with zero attached hydrogens (tertiary/aromatic N) is 4. The Labute approximate surface area is 124 Å². The zero-order valence-electron chi connectivity index (χ0n) is 12.4. The first-order valence-corrected chi connectivity index (χ1v) is 7.02. The van der Waals surface area contributed by atoms with Crippen LogP contribution >= 0.6 is 11.6 Å². The highest BCUT2D eigenvalue weighted by Gasteiger charge is 2.14. The lowest BCUT2D eigenvalue weighted by Gasteiger charge is -2.11. The molecule has 2 aromatic heterocycles. The molecule has 5 nitrogen and oxygen atoms in total. The van der Waals surface area contributed by atoms with E-state index >= 15 is 0 Å². The van der Waals surface area contributed by atoms with Crippen molar-refractivity contribution in [3.05, 3.63) is 28.9 Å². The highest BCUT2D eigenvalue weighted by atomic mass is 35.5. The second-order valence-corrected chi connectivity index (χ2v) is 5.67. The van der Waals surface area contributed by atoms with Crippen LogP contribution in [0.4, 0.5) is 0 Å². The normalized spacial score (nSPS) is 11.4. The van der Waals surface area contributed by atoms with E-state index < -0.39 is 0 Å². The van der Waals surface area contributed by atoms with Gasteiger partial charge < -0.3 is 4.74 Å². The molecule has 0 N–H and O–H groups in total. The molecule has 0 aliphatic rings. The SMILES string of the molecule is Cc1c(Cl)nc(C(C)C)nc1Oc1cnn(C(C)C)c1. The number of hydrogen-bond acceptors (Lipinski definition) is 4. The number of hydrogen-bond donors (Lipinski definition) is 0. The van der Waals surface area contributed by atoms with Crippen LogP contribution in [0.15, 0.2) is 12.4 Å². The third kappa shape index (κ3) is 3.10. The highest BCUT2D eigenvalue weighted by molar-refractivity contribution is 6.30. The maximum atomic E-state index is 6.13. The Kier molecular flexibility index (Phi) is 4.28. The molecule has 0 aliphatic heterocycles. The van der Waals surface area contributed by atoms with Crippen LogP contribution in [-0.4, -0.2) is 19.7 Å². The van der Waals surface area contributed by atoms with E-state index in [0.717, 1.165) is 5.56 Å². The quantitative estimate of drug-likeness (QED) is 0.796. The summed E-state index contributed by atoms with van der Waals surface area (Å²) in [6, 6.07) is 0.286. The van der Waals surface area contributed by atoms with Gasteiger partial charge >= 0.3 is 0 Å². The predicted molar refractivity (Wildman–Crippen MR) is 78.6 cm³/mol. The van der Waals surface area contributed by atoms with Crippen LogP contribution in [0.2, 0.25) is 5.15 Å². The monoisotopic (exact) mass is 294 g/mol. The molecular formula is C14H19ClN4O. The van der Waals surface area contributed by atoms with E-state index in [1.165, 1.54) is 0 Å². The number of halogens is 1. The van der Waals surface area contributed by atoms with Gasteiger partial charge in [-0.05, 0) is 20.8 Å². The third-order valence-electron chi connectivity index (χ3n) is 2.90. The minimum Gasteiger partial charge on any atom is -0.435 e. The van der Waals surface area contributed by atoms with Crippen LogP contribution in [0.3, 0.4) is 0 Å². The average Bonchev–Trinajstić information content (AvgIpc) is 2.83. The fourth-order valence-corrected chi connectivity index (χ4v) is 1.78. The smallest absolute Gasteiger partial charge is 0.227 e. The zero-order chi connectivity index (χ0) is 14.9. The van der Waals surface area contributed by atoms with Gasteiger partial charge in [-0.3, -0.25) is 4.68 Å². The Morgan fingerprint density at radius 2 is 1.90 bits per heavy atom. The minimum atomic E-state index is 0.189. The number of rotatable bonds is 4. The Hall–Kier alpha value is -1.62. The first kappa shape index (κ1) is 14.8. The molecule has 108 valence electrons. The summed E-state index contributed by atoms with van der Waals surface area (Å²) >= 11 is 6.13. The molecule has 6 heteroatoms. The number of ether oxygens (including phenoxy) is 1. The van der Waals surface area contributed by atoms with Crippen LogP contribution in [0.1, 0.15) is 51.0 Å². The van der Waals surface area contributed by atoms with Crippen molar-refractivity contribution in [1.29, 1.82) is 0 Å². The fraction of sp³-hybridized carbons (Fsp3) is 0.500. The molecule has 0 unspecified atom stereocenters. The van der Waals surface area contributed by atoms with Gasteiger partial charge in [-0.15, -0.1) is 0 Å².